The third kappa shape index (κ3) is 5.25. The zero-order chi connectivity index (χ0) is 24.2. The first kappa shape index (κ1) is 23.8. The fourth-order valence-corrected chi connectivity index (χ4v) is 3.90. The highest BCUT2D eigenvalue weighted by Crippen LogP contribution is 2.37. The second-order valence-electron chi connectivity index (χ2n) is 7.16. The maximum atomic E-state index is 11.6. The van der Waals surface area contributed by atoms with E-state index in [2.05, 4.69) is 9.97 Å². The lowest BCUT2D eigenvalue weighted by Gasteiger charge is -2.14. The zero-order valence-electron chi connectivity index (χ0n) is 17.8. The van der Waals surface area contributed by atoms with Crippen LogP contribution in [-0.2, 0) is 6.61 Å². The summed E-state index contributed by atoms with van der Waals surface area (Å²) in [5, 5.41) is 10.6. The topological polar surface area (TPSA) is 81.5 Å². The molecule has 0 atom stereocenters. The highest BCUT2D eigenvalue weighted by atomic mass is 35.5. The first-order chi connectivity index (χ1) is 16.4. The number of aromatic carboxylic acids is 1. The molecule has 0 saturated carbocycles. The summed E-state index contributed by atoms with van der Waals surface area (Å²) in [6.45, 7) is 0.271. The van der Waals surface area contributed by atoms with Crippen molar-refractivity contribution in [3.63, 3.8) is 0 Å². The summed E-state index contributed by atoms with van der Waals surface area (Å²) in [5.41, 5.74) is 2.70. The van der Waals surface area contributed by atoms with Crippen molar-refractivity contribution in [3.05, 3.63) is 93.2 Å². The minimum absolute atomic E-state index is 0.125. The maximum absolute atomic E-state index is 11.6. The van der Waals surface area contributed by atoms with Crippen molar-refractivity contribution < 1.29 is 19.4 Å². The lowest BCUT2D eigenvalue weighted by molar-refractivity contribution is 0.0690. The summed E-state index contributed by atoms with van der Waals surface area (Å²) in [7, 11) is 1.60. The fourth-order valence-electron chi connectivity index (χ4n) is 3.25. The van der Waals surface area contributed by atoms with Crippen LogP contribution in [0.2, 0.25) is 15.1 Å². The van der Waals surface area contributed by atoms with E-state index in [4.69, 9.17) is 44.3 Å². The molecule has 0 spiro atoms. The summed E-state index contributed by atoms with van der Waals surface area (Å²) in [4.78, 5) is 20.3. The lowest BCUT2D eigenvalue weighted by atomic mass is 10.0. The van der Waals surface area contributed by atoms with Crippen molar-refractivity contribution in [2.45, 2.75) is 6.61 Å². The number of pyridine rings is 2. The fraction of sp³-hybridized carbons (Fsp3) is 0.0800. The van der Waals surface area contributed by atoms with Crippen LogP contribution in [0.4, 0.5) is 0 Å². The molecule has 0 unspecified atom stereocenters. The molecule has 2 aromatic heterocycles. The van der Waals surface area contributed by atoms with Crippen LogP contribution < -0.4 is 9.47 Å². The van der Waals surface area contributed by atoms with Gasteiger partial charge in [-0.1, -0.05) is 53.0 Å². The Bertz CT molecular complexity index is 1360. The number of hydrogen-bond acceptors (Lipinski definition) is 5. The highest BCUT2D eigenvalue weighted by molar-refractivity contribution is 6.36. The largest absolute Gasteiger partial charge is 0.497 e. The van der Waals surface area contributed by atoms with Gasteiger partial charge in [-0.3, -0.25) is 4.98 Å². The Morgan fingerprint density at radius 2 is 1.71 bits per heavy atom. The van der Waals surface area contributed by atoms with Crippen molar-refractivity contribution >= 4 is 40.8 Å². The van der Waals surface area contributed by atoms with Gasteiger partial charge < -0.3 is 14.6 Å². The average Bonchev–Trinajstić information content (AvgIpc) is 2.83. The number of nitrogens with zero attached hydrogens (tertiary/aromatic N) is 2. The minimum Gasteiger partial charge on any atom is -0.497 e. The molecule has 0 fully saturated rings. The molecule has 0 radical (unpaired) electrons. The van der Waals surface area contributed by atoms with Crippen molar-refractivity contribution in [2.24, 2.45) is 0 Å². The number of hydrogen-bond donors (Lipinski definition) is 1. The quantitative estimate of drug-likeness (QED) is 0.284. The zero-order valence-corrected chi connectivity index (χ0v) is 20.0. The van der Waals surface area contributed by atoms with Gasteiger partial charge in [0, 0.05) is 17.3 Å². The Hall–Kier alpha value is -3.32. The van der Waals surface area contributed by atoms with E-state index in [1.807, 2.05) is 24.3 Å². The van der Waals surface area contributed by atoms with Crippen molar-refractivity contribution in [1.29, 1.82) is 0 Å². The monoisotopic (exact) mass is 514 g/mol. The number of benzene rings is 2. The van der Waals surface area contributed by atoms with E-state index < -0.39 is 5.97 Å². The molecule has 0 amide bonds. The molecule has 4 aromatic rings. The van der Waals surface area contributed by atoms with E-state index in [1.165, 1.54) is 12.3 Å². The average molecular weight is 516 g/mol. The molecule has 2 heterocycles. The Morgan fingerprint density at radius 3 is 2.38 bits per heavy atom. The normalized spacial score (nSPS) is 10.7. The van der Waals surface area contributed by atoms with E-state index in [9.17, 15) is 9.90 Å². The number of methoxy groups -OCH3 is 1. The molecule has 0 bridgehead atoms. The molecule has 2 aromatic carbocycles. The molecule has 0 aliphatic rings. The summed E-state index contributed by atoms with van der Waals surface area (Å²) >= 11 is 18.7. The predicted octanol–water partition coefficient (Wildman–Crippen LogP) is 7.06. The van der Waals surface area contributed by atoms with Crippen LogP contribution in [0.1, 0.15) is 16.1 Å². The second-order valence-corrected chi connectivity index (χ2v) is 8.41. The van der Waals surface area contributed by atoms with Gasteiger partial charge in [-0.25, -0.2) is 9.78 Å². The summed E-state index contributed by atoms with van der Waals surface area (Å²) in [6.07, 6.45) is 1.46. The van der Waals surface area contributed by atoms with E-state index in [0.29, 0.717) is 43.3 Å². The van der Waals surface area contributed by atoms with Crippen molar-refractivity contribution in [1.82, 2.24) is 9.97 Å². The molecule has 6 nitrogen and oxygen atoms in total. The number of carboxylic acids is 1. The Labute approximate surface area is 210 Å². The molecule has 1 N–H and O–H groups in total. The van der Waals surface area contributed by atoms with Gasteiger partial charge >= 0.3 is 5.97 Å². The van der Waals surface area contributed by atoms with Gasteiger partial charge in [0.25, 0.3) is 0 Å². The lowest BCUT2D eigenvalue weighted by Crippen LogP contribution is -2.03. The van der Waals surface area contributed by atoms with Gasteiger partial charge in [-0.15, -0.1) is 0 Å². The van der Waals surface area contributed by atoms with Gasteiger partial charge in [-0.2, -0.15) is 0 Å². The number of carboxylic acid groups (broad SMARTS) is 1. The molecule has 0 aliphatic heterocycles. The summed E-state index contributed by atoms with van der Waals surface area (Å²) < 4.78 is 11.1. The first-order valence-electron chi connectivity index (χ1n) is 9.97. The standard InChI is InChI=1S/C25H17Cl3N2O4/c1-33-17-5-2-14(3-6-17)13-34-22-10-15(4-8-19(22)27)23-18(7-9-21(30-23)25(31)32)24-20(28)11-16(26)12-29-24/h2-12H,13H2,1H3,(H,31,32). The molecule has 34 heavy (non-hydrogen) atoms. The minimum atomic E-state index is -1.16. The van der Waals surface area contributed by atoms with Crippen LogP contribution in [0.15, 0.2) is 66.9 Å². The highest BCUT2D eigenvalue weighted by Gasteiger charge is 2.18. The Morgan fingerprint density at radius 1 is 0.941 bits per heavy atom. The van der Waals surface area contributed by atoms with Crippen LogP contribution in [0, 0.1) is 0 Å². The first-order valence-corrected chi connectivity index (χ1v) is 11.1. The van der Waals surface area contributed by atoms with Gasteiger partial charge in [0.2, 0.25) is 0 Å². The van der Waals surface area contributed by atoms with Gasteiger partial charge in [-0.05, 0) is 48.0 Å². The van der Waals surface area contributed by atoms with Crippen molar-refractivity contribution in [3.8, 4) is 34.0 Å². The molecule has 0 saturated heterocycles. The van der Waals surface area contributed by atoms with E-state index in [-0.39, 0.29) is 12.3 Å². The summed E-state index contributed by atoms with van der Waals surface area (Å²) in [6, 6.07) is 17.1. The van der Waals surface area contributed by atoms with Gasteiger partial charge in [0.15, 0.2) is 0 Å². The number of ether oxygens (including phenoxy) is 2. The molecule has 172 valence electrons. The number of carbonyl (C=O) groups is 1. The molecule has 0 aliphatic carbocycles. The molecular weight excluding hydrogens is 499 g/mol. The smallest absolute Gasteiger partial charge is 0.354 e. The van der Waals surface area contributed by atoms with Crippen LogP contribution in [0.3, 0.4) is 0 Å². The van der Waals surface area contributed by atoms with Crippen LogP contribution in [0.25, 0.3) is 22.5 Å². The number of aromatic nitrogens is 2. The van der Waals surface area contributed by atoms with E-state index in [1.54, 1.807) is 37.4 Å². The number of halogens is 3. The number of rotatable bonds is 7. The Balaban J connectivity index is 1.74. The third-order valence-electron chi connectivity index (χ3n) is 4.94. The van der Waals surface area contributed by atoms with E-state index in [0.717, 1.165) is 11.3 Å². The Kier molecular flexibility index (Phi) is 7.22. The summed E-state index contributed by atoms with van der Waals surface area (Å²) in [5.74, 6) is 0.00157. The van der Waals surface area contributed by atoms with Crippen LogP contribution in [0.5, 0.6) is 11.5 Å². The molecule has 4 rings (SSSR count). The van der Waals surface area contributed by atoms with Gasteiger partial charge in [0.1, 0.15) is 23.8 Å². The van der Waals surface area contributed by atoms with Crippen molar-refractivity contribution in [2.75, 3.05) is 7.11 Å². The second kappa shape index (κ2) is 10.3. The van der Waals surface area contributed by atoms with E-state index >= 15 is 0 Å². The maximum Gasteiger partial charge on any atom is 0.354 e. The third-order valence-corrected chi connectivity index (χ3v) is 5.74. The molecule has 9 heteroatoms. The van der Waals surface area contributed by atoms with Crippen LogP contribution >= 0.6 is 34.8 Å². The predicted molar refractivity (Wildman–Crippen MR) is 132 cm³/mol. The van der Waals surface area contributed by atoms with Gasteiger partial charge in [0.05, 0.1) is 33.6 Å². The van der Waals surface area contributed by atoms with Crippen LogP contribution in [-0.4, -0.2) is 28.2 Å². The molecular formula is C25H17Cl3N2O4. The SMILES string of the molecule is COc1ccc(COc2cc(-c3nc(C(=O)O)ccc3-c3ncc(Cl)cc3Cl)ccc2Cl)cc1.